The first-order chi connectivity index (χ1) is 11.5. The van der Waals surface area contributed by atoms with Crippen LogP contribution in [0.5, 0.6) is 5.75 Å². The van der Waals surface area contributed by atoms with Gasteiger partial charge in [0.05, 0.1) is 12.2 Å². The molecule has 0 atom stereocenters. The Kier molecular flexibility index (Phi) is 8.68. The molecule has 0 aliphatic carbocycles. The fourth-order valence-corrected chi connectivity index (χ4v) is 2.16. The molecule has 0 unspecified atom stereocenters. The van der Waals surface area contributed by atoms with Crippen LogP contribution in [0.1, 0.15) is 32.0 Å². The van der Waals surface area contributed by atoms with Crippen LogP contribution in [0.25, 0.3) is 0 Å². The van der Waals surface area contributed by atoms with Crippen molar-refractivity contribution >= 4 is 29.9 Å². The zero-order valence-electron chi connectivity index (χ0n) is 15.2. The summed E-state index contributed by atoms with van der Waals surface area (Å²) in [5.41, 5.74) is 1.83. The van der Waals surface area contributed by atoms with Gasteiger partial charge in [-0.15, -0.1) is 24.0 Å². The fourth-order valence-electron chi connectivity index (χ4n) is 2.16. The number of rotatable bonds is 5. The maximum atomic E-state index is 6.02. The van der Waals surface area contributed by atoms with E-state index >= 15 is 0 Å². The number of ether oxygens (including phenoxy) is 1. The first-order valence-electron chi connectivity index (χ1n) is 8.09. The summed E-state index contributed by atoms with van der Waals surface area (Å²) in [5.74, 6) is 1.61. The van der Waals surface area contributed by atoms with Crippen molar-refractivity contribution in [2.75, 3.05) is 7.05 Å². The smallest absolute Gasteiger partial charge is 0.191 e. The number of hydrogen-bond donors (Lipinski definition) is 2. The molecule has 0 amide bonds. The van der Waals surface area contributed by atoms with Gasteiger partial charge in [-0.3, -0.25) is 9.98 Å². The Bertz CT molecular complexity index is 669. The van der Waals surface area contributed by atoms with Crippen LogP contribution in [0.15, 0.2) is 53.7 Å². The molecule has 2 rings (SSSR count). The van der Waals surface area contributed by atoms with E-state index in [-0.39, 0.29) is 29.6 Å². The highest BCUT2D eigenvalue weighted by Crippen LogP contribution is 2.22. The third kappa shape index (κ3) is 7.72. The summed E-state index contributed by atoms with van der Waals surface area (Å²) >= 11 is 0. The lowest BCUT2D eigenvalue weighted by molar-refractivity contribution is 0.129. The second-order valence-electron chi connectivity index (χ2n) is 6.42. The molecular formula is C19H27IN4O. The van der Waals surface area contributed by atoms with Crippen molar-refractivity contribution in [2.45, 2.75) is 39.5 Å². The normalized spacial score (nSPS) is 11.4. The Morgan fingerprint density at radius 1 is 1.04 bits per heavy atom. The molecule has 6 heteroatoms. The number of benzene rings is 1. The number of nitrogens with one attached hydrogen (secondary N) is 2. The van der Waals surface area contributed by atoms with Gasteiger partial charge in [-0.05, 0) is 39.0 Å². The van der Waals surface area contributed by atoms with Crippen molar-refractivity contribution < 1.29 is 4.74 Å². The maximum Gasteiger partial charge on any atom is 0.191 e. The van der Waals surface area contributed by atoms with Gasteiger partial charge in [-0.2, -0.15) is 0 Å². The first-order valence-corrected chi connectivity index (χ1v) is 8.09. The lowest BCUT2D eigenvalue weighted by Gasteiger charge is -2.23. The van der Waals surface area contributed by atoms with Crippen molar-refractivity contribution in [3.63, 3.8) is 0 Å². The molecule has 0 saturated heterocycles. The van der Waals surface area contributed by atoms with Gasteiger partial charge < -0.3 is 15.4 Å². The minimum Gasteiger partial charge on any atom is -0.488 e. The van der Waals surface area contributed by atoms with Crippen LogP contribution in [0.2, 0.25) is 0 Å². The van der Waals surface area contributed by atoms with E-state index in [1.54, 1.807) is 13.2 Å². The summed E-state index contributed by atoms with van der Waals surface area (Å²) in [4.78, 5) is 8.54. The van der Waals surface area contributed by atoms with Gasteiger partial charge in [0.1, 0.15) is 11.4 Å². The average Bonchev–Trinajstić information content (AvgIpc) is 2.56. The minimum atomic E-state index is -0.227. The van der Waals surface area contributed by atoms with E-state index < -0.39 is 0 Å². The molecule has 1 aromatic carbocycles. The molecule has 2 aromatic rings. The SMILES string of the molecule is CN=C(NCc1ccccn1)NCc1ccccc1OC(C)(C)C.I. The van der Waals surface area contributed by atoms with Crippen LogP contribution < -0.4 is 15.4 Å². The van der Waals surface area contributed by atoms with E-state index in [9.17, 15) is 0 Å². The summed E-state index contributed by atoms with van der Waals surface area (Å²) in [6.07, 6.45) is 1.79. The zero-order chi connectivity index (χ0) is 17.4. The highest BCUT2D eigenvalue weighted by atomic mass is 127. The van der Waals surface area contributed by atoms with E-state index in [1.807, 2.05) is 57.2 Å². The summed E-state index contributed by atoms with van der Waals surface area (Å²) in [7, 11) is 1.76. The Hall–Kier alpha value is -1.83. The fraction of sp³-hybridized carbons (Fsp3) is 0.368. The number of aliphatic imine (C=N–C) groups is 1. The molecule has 2 N–H and O–H groups in total. The lowest BCUT2D eigenvalue weighted by atomic mass is 10.1. The van der Waals surface area contributed by atoms with E-state index in [0.717, 1.165) is 23.0 Å². The van der Waals surface area contributed by atoms with Gasteiger partial charge in [0.15, 0.2) is 5.96 Å². The van der Waals surface area contributed by atoms with Gasteiger partial charge in [-0.25, -0.2) is 0 Å². The second kappa shape index (κ2) is 10.2. The molecule has 0 fully saturated rings. The minimum absolute atomic E-state index is 0. The van der Waals surface area contributed by atoms with Crippen molar-refractivity contribution in [3.05, 3.63) is 59.9 Å². The largest absolute Gasteiger partial charge is 0.488 e. The van der Waals surface area contributed by atoms with E-state index in [4.69, 9.17) is 4.74 Å². The third-order valence-corrected chi connectivity index (χ3v) is 3.22. The standard InChI is InChI=1S/C19H26N4O.HI/c1-19(2,3)24-17-11-6-5-9-15(17)13-22-18(20-4)23-14-16-10-7-8-12-21-16;/h5-12H,13-14H2,1-4H3,(H2,20,22,23);1H. The molecule has 25 heavy (non-hydrogen) atoms. The number of hydrogen-bond acceptors (Lipinski definition) is 3. The monoisotopic (exact) mass is 454 g/mol. The van der Waals surface area contributed by atoms with Gasteiger partial charge in [-0.1, -0.05) is 24.3 Å². The van der Waals surface area contributed by atoms with Crippen LogP contribution in [-0.4, -0.2) is 23.6 Å². The Morgan fingerprint density at radius 2 is 1.72 bits per heavy atom. The van der Waals surface area contributed by atoms with Crippen LogP contribution in [-0.2, 0) is 13.1 Å². The predicted molar refractivity (Wildman–Crippen MR) is 114 cm³/mol. The Labute approximate surface area is 167 Å². The van der Waals surface area contributed by atoms with Gasteiger partial charge in [0.2, 0.25) is 0 Å². The molecular weight excluding hydrogens is 427 g/mol. The number of para-hydroxylation sites is 1. The second-order valence-corrected chi connectivity index (χ2v) is 6.42. The Balaban J connectivity index is 0.00000312. The summed E-state index contributed by atoms with van der Waals surface area (Å²) < 4.78 is 6.02. The molecule has 0 bridgehead atoms. The van der Waals surface area contributed by atoms with Crippen LogP contribution >= 0.6 is 24.0 Å². The van der Waals surface area contributed by atoms with Crippen LogP contribution in [0.4, 0.5) is 0 Å². The molecule has 136 valence electrons. The quantitative estimate of drug-likeness (QED) is 0.411. The number of pyridine rings is 1. The van der Waals surface area contributed by atoms with Crippen molar-refractivity contribution in [1.82, 2.24) is 15.6 Å². The number of guanidine groups is 1. The van der Waals surface area contributed by atoms with Crippen molar-refractivity contribution in [2.24, 2.45) is 4.99 Å². The maximum absolute atomic E-state index is 6.02. The van der Waals surface area contributed by atoms with E-state index in [1.165, 1.54) is 0 Å². The molecule has 0 aliphatic rings. The Morgan fingerprint density at radius 3 is 2.36 bits per heavy atom. The number of aromatic nitrogens is 1. The third-order valence-electron chi connectivity index (χ3n) is 3.22. The number of nitrogens with zero attached hydrogens (tertiary/aromatic N) is 2. The summed E-state index contributed by atoms with van der Waals surface area (Å²) in [5, 5.41) is 6.57. The van der Waals surface area contributed by atoms with E-state index in [2.05, 4.69) is 26.7 Å². The first kappa shape index (κ1) is 21.2. The van der Waals surface area contributed by atoms with Gasteiger partial charge >= 0.3 is 0 Å². The summed E-state index contributed by atoms with van der Waals surface area (Å²) in [6, 6.07) is 13.9. The lowest BCUT2D eigenvalue weighted by Crippen LogP contribution is -2.36. The zero-order valence-corrected chi connectivity index (χ0v) is 17.6. The molecule has 0 saturated carbocycles. The molecule has 1 aromatic heterocycles. The van der Waals surface area contributed by atoms with Gasteiger partial charge in [0.25, 0.3) is 0 Å². The van der Waals surface area contributed by atoms with Crippen molar-refractivity contribution in [3.8, 4) is 5.75 Å². The van der Waals surface area contributed by atoms with Crippen LogP contribution in [0, 0.1) is 0 Å². The van der Waals surface area contributed by atoms with E-state index in [0.29, 0.717) is 13.1 Å². The average molecular weight is 454 g/mol. The highest BCUT2D eigenvalue weighted by Gasteiger charge is 2.14. The predicted octanol–water partition coefficient (Wildman–Crippen LogP) is 3.74. The molecule has 0 spiro atoms. The molecule has 0 radical (unpaired) electrons. The topological polar surface area (TPSA) is 58.5 Å². The van der Waals surface area contributed by atoms with Crippen molar-refractivity contribution in [1.29, 1.82) is 0 Å². The van der Waals surface area contributed by atoms with Crippen LogP contribution in [0.3, 0.4) is 0 Å². The van der Waals surface area contributed by atoms with Gasteiger partial charge in [0, 0.05) is 25.4 Å². The molecule has 0 aliphatic heterocycles. The molecule has 5 nitrogen and oxygen atoms in total. The highest BCUT2D eigenvalue weighted by molar-refractivity contribution is 14.0. The number of halogens is 1. The molecule has 1 heterocycles. The summed E-state index contributed by atoms with van der Waals surface area (Å²) in [6.45, 7) is 7.40.